The van der Waals surface area contributed by atoms with E-state index in [1.807, 2.05) is 26.0 Å². The summed E-state index contributed by atoms with van der Waals surface area (Å²) in [6.45, 7) is 12.3. The molecule has 160 valence electrons. The third kappa shape index (κ3) is 6.52. The van der Waals surface area contributed by atoms with E-state index in [9.17, 15) is 0 Å². The van der Waals surface area contributed by atoms with Crippen LogP contribution in [0.1, 0.15) is 47.6 Å². The molecule has 3 aromatic rings. The van der Waals surface area contributed by atoms with E-state index >= 15 is 0 Å². The number of para-hydroxylation sites is 2. The molecule has 0 unspecified atom stereocenters. The van der Waals surface area contributed by atoms with Crippen molar-refractivity contribution in [3.63, 3.8) is 0 Å². The topological polar surface area (TPSA) is 37.9 Å². The number of nitrogens with zero attached hydrogens (tertiary/aromatic N) is 2. The van der Waals surface area contributed by atoms with E-state index in [-0.39, 0.29) is 0 Å². The van der Waals surface area contributed by atoms with Gasteiger partial charge in [0.2, 0.25) is 0 Å². The van der Waals surface area contributed by atoms with Crippen LogP contribution in [0.25, 0.3) is 0 Å². The first-order valence-electron chi connectivity index (χ1n) is 9.47. The number of hydrogen-bond acceptors (Lipinski definition) is 3. The Morgan fingerprint density at radius 2 is 0.967 bits per heavy atom. The SMILES string of the molecule is CC(=Nc1c(C)cccc1C)c1ccc(C(C)=Nc2c(C)cccc2C)o1.[Br][Fe][Br]. The number of aryl methyl sites for hydroxylation is 4. The van der Waals surface area contributed by atoms with Crippen molar-refractivity contribution in [2.75, 3.05) is 0 Å². The Labute approximate surface area is 199 Å². The third-order valence-corrected chi connectivity index (χ3v) is 4.76. The van der Waals surface area contributed by atoms with Crippen molar-refractivity contribution >= 4 is 51.0 Å². The molecule has 30 heavy (non-hydrogen) atoms. The summed E-state index contributed by atoms with van der Waals surface area (Å²) >= 11 is 7.00. The van der Waals surface area contributed by atoms with Gasteiger partial charge in [-0.3, -0.25) is 0 Å². The van der Waals surface area contributed by atoms with Crippen molar-refractivity contribution in [3.8, 4) is 0 Å². The first-order valence-corrected chi connectivity index (χ1v) is 14.9. The molecule has 0 aliphatic heterocycles. The van der Waals surface area contributed by atoms with Crippen molar-refractivity contribution < 1.29 is 15.8 Å². The molecule has 0 aliphatic carbocycles. The van der Waals surface area contributed by atoms with Crippen LogP contribution in [0, 0.1) is 27.7 Å². The molecule has 3 nitrogen and oxygen atoms in total. The second-order valence-electron chi connectivity index (χ2n) is 7.09. The predicted molar refractivity (Wildman–Crippen MR) is 132 cm³/mol. The molecule has 0 bridgehead atoms. The maximum atomic E-state index is 6.05. The van der Waals surface area contributed by atoms with Crippen LogP contribution in [0.2, 0.25) is 0 Å². The van der Waals surface area contributed by atoms with E-state index in [2.05, 4.69) is 92.3 Å². The van der Waals surface area contributed by atoms with Crippen LogP contribution in [0.5, 0.6) is 0 Å². The minimum absolute atomic E-state index is 0.767. The zero-order valence-electron chi connectivity index (χ0n) is 18.0. The molecule has 0 fully saturated rings. The molecule has 0 radical (unpaired) electrons. The molecule has 1 heterocycles. The van der Waals surface area contributed by atoms with Crippen molar-refractivity contribution in [1.29, 1.82) is 0 Å². The molecular weight excluding hydrogens is 548 g/mol. The quantitative estimate of drug-likeness (QED) is 0.228. The van der Waals surface area contributed by atoms with Gasteiger partial charge in [0.05, 0.1) is 22.8 Å². The molecule has 2 aromatic carbocycles. The van der Waals surface area contributed by atoms with Crippen LogP contribution in [-0.4, -0.2) is 11.4 Å². The molecule has 0 N–H and O–H groups in total. The second kappa shape index (κ2) is 11.8. The monoisotopic (exact) mass is 572 g/mol. The standard InChI is InChI=1S/C24H26N2O.2BrH.Fe/c1-15-9-7-10-16(2)23(15)25-19(5)21-13-14-22(27-21)20(6)26-24-17(3)11-8-12-18(24)4;;;/h7-14H,1-6H3;2*1H;/q;;;+2/p-2. The molecule has 0 spiro atoms. The van der Waals surface area contributed by atoms with Gasteiger partial charge in [-0.25, -0.2) is 9.98 Å². The second-order valence-corrected chi connectivity index (χ2v) is 12.7. The van der Waals surface area contributed by atoms with E-state index in [1.54, 1.807) is 0 Å². The zero-order chi connectivity index (χ0) is 22.3. The maximum absolute atomic E-state index is 6.05. The van der Waals surface area contributed by atoms with Gasteiger partial charge in [-0.05, 0) is 75.9 Å². The summed E-state index contributed by atoms with van der Waals surface area (Å²) in [4.78, 5) is 9.59. The summed E-state index contributed by atoms with van der Waals surface area (Å²) in [5, 5.41) is 0. The van der Waals surface area contributed by atoms with Gasteiger partial charge in [0.15, 0.2) is 0 Å². The molecule has 0 atom stereocenters. The van der Waals surface area contributed by atoms with Gasteiger partial charge < -0.3 is 4.42 Å². The van der Waals surface area contributed by atoms with Crippen LogP contribution in [0.3, 0.4) is 0 Å². The Bertz CT molecular complexity index is 948. The van der Waals surface area contributed by atoms with Crippen molar-refractivity contribution in [1.82, 2.24) is 0 Å². The van der Waals surface area contributed by atoms with Crippen LogP contribution >= 0.6 is 28.2 Å². The third-order valence-electron chi connectivity index (χ3n) is 4.76. The number of furan rings is 1. The fourth-order valence-electron chi connectivity index (χ4n) is 3.14. The van der Waals surface area contributed by atoms with Crippen LogP contribution < -0.4 is 0 Å². The van der Waals surface area contributed by atoms with E-state index in [0.717, 1.165) is 67.9 Å². The van der Waals surface area contributed by atoms with Crippen molar-refractivity contribution in [2.24, 2.45) is 9.98 Å². The summed E-state index contributed by atoms with van der Waals surface area (Å²) in [7, 11) is 0. The van der Waals surface area contributed by atoms with E-state index < -0.39 is 0 Å². The molecule has 3 rings (SSSR count). The van der Waals surface area contributed by atoms with Gasteiger partial charge in [0.1, 0.15) is 11.5 Å². The Hall–Kier alpha value is -1.46. The Balaban J connectivity index is 0.00000101. The zero-order valence-corrected chi connectivity index (χ0v) is 22.3. The molecule has 0 aliphatic rings. The average Bonchev–Trinajstić information content (AvgIpc) is 3.19. The molecule has 0 saturated heterocycles. The summed E-state index contributed by atoms with van der Waals surface area (Å²) < 4.78 is 6.05. The number of hydrogen-bond donors (Lipinski definition) is 0. The first-order chi connectivity index (χ1) is 14.3. The normalized spacial score (nSPS) is 12.0. The molecule has 6 heteroatoms. The molecule has 1 aromatic heterocycles. The van der Waals surface area contributed by atoms with Crippen molar-refractivity contribution in [2.45, 2.75) is 41.5 Å². The summed E-state index contributed by atoms with van der Waals surface area (Å²) in [6.07, 6.45) is 0. The van der Waals surface area contributed by atoms with Crippen LogP contribution in [0.4, 0.5) is 11.4 Å². The van der Waals surface area contributed by atoms with E-state index in [1.165, 1.54) is 0 Å². The fourth-order valence-corrected chi connectivity index (χ4v) is 3.14. The van der Waals surface area contributed by atoms with Crippen LogP contribution in [-0.2, 0) is 11.3 Å². The Morgan fingerprint density at radius 3 is 1.27 bits per heavy atom. The van der Waals surface area contributed by atoms with Gasteiger partial charge in [-0.2, -0.15) is 0 Å². The van der Waals surface area contributed by atoms with Crippen molar-refractivity contribution in [3.05, 3.63) is 82.3 Å². The number of halogens is 2. The number of rotatable bonds is 4. The minimum atomic E-state index is 0.767. The summed E-state index contributed by atoms with van der Waals surface area (Å²) in [5.74, 6) is 1.53. The first kappa shape index (κ1) is 24.8. The average molecular weight is 574 g/mol. The number of aliphatic imine (C=N–C) groups is 2. The number of benzene rings is 2. The van der Waals surface area contributed by atoms with Gasteiger partial charge >= 0.3 is 39.6 Å². The van der Waals surface area contributed by atoms with Gasteiger partial charge in [-0.15, -0.1) is 0 Å². The summed E-state index contributed by atoms with van der Waals surface area (Å²) in [5.41, 5.74) is 8.38. The Morgan fingerprint density at radius 1 is 0.667 bits per heavy atom. The van der Waals surface area contributed by atoms with Gasteiger partial charge in [-0.1, -0.05) is 36.4 Å². The summed E-state index contributed by atoms with van der Waals surface area (Å²) in [6, 6.07) is 16.3. The van der Waals surface area contributed by atoms with Crippen LogP contribution in [0.15, 0.2) is 62.9 Å². The van der Waals surface area contributed by atoms with Gasteiger partial charge in [0, 0.05) is 0 Å². The predicted octanol–water partition coefficient (Wildman–Crippen LogP) is 8.48. The molecular formula is C24H26Br2FeN2O. The van der Waals surface area contributed by atoms with E-state index in [0.29, 0.717) is 0 Å². The Kier molecular flexibility index (Phi) is 9.76. The van der Waals surface area contributed by atoms with E-state index in [4.69, 9.17) is 14.4 Å². The fraction of sp³-hybridized carbons (Fsp3) is 0.250. The molecule has 0 amide bonds. The molecule has 0 saturated carbocycles. The van der Waals surface area contributed by atoms with Gasteiger partial charge in [0.25, 0.3) is 0 Å².